The predicted molar refractivity (Wildman–Crippen MR) is 88.6 cm³/mol. The number of hydrogen-bond acceptors (Lipinski definition) is 2. The monoisotopic (exact) mass is 376 g/mol. The van der Waals surface area contributed by atoms with E-state index in [9.17, 15) is 4.79 Å². The number of nitrogens with one attached hydrogen (secondary N) is 1. The van der Waals surface area contributed by atoms with Crippen molar-refractivity contribution in [1.82, 2.24) is 5.32 Å². The molecule has 1 atom stereocenters. The molecule has 1 aromatic rings. The van der Waals surface area contributed by atoms with Gasteiger partial charge in [-0.3, -0.25) is 4.79 Å². The van der Waals surface area contributed by atoms with Crippen LogP contribution in [0.25, 0.3) is 0 Å². The van der Waals surface area contributed by atoms with Crippen molar-refractivity contribution in [2.75, 3.05) is 0 Å². The second-order valence-electron chi connectivity index (χ2n) is 4.22. The molecule has 1 rings (SSSR count). The summed E-state index contributed by atoms with van der Waals surface area (Å²) < 4.78 is 0. The van der Waals surface area contributed by atoms with Crippen LogP contribution in [-0.2, 0) is 6.54 Å². The number of carbonyl (C=O) groups is 1. The molecule has 0 saturated carbocycles. The molecule has 1 unspecified atom stereocenters. The van der Waals surface area contributed by atoms with Gasteiger partial charge in [-0.05, 0) is 31.0 Å². The van der Waals surface area contributed by atoms with Gasteiger partial charge in [-0.15, -0.1) is 24.0 Å². The molecule has 0 radical (unpaired) electrons. The van der Waals surface area contributed by atoms with Gasteiger partial charge in [0.1, 0.15) is 0 Å². The first-order valence-electron chi connectivity index (χ1n) is 5.98. The van der Waals surface area contributed by atoms with Gasteiger partial charge in [0, 0.05) is 11.6 Å². The van der Waals surface area contributed by atoms with Crippen LogP contribution in [0.4, 0.5) is 0 Å². The van der Waals surface area contributed by atoms with Gasteiger partial charge in [0.05, 0.1) is 6.54 Å². The molecule has 0 spiro atoms. The number of aliphatic imine (C=N–C) groups is 1. The molecule has 1 aromatic carbocycles. The topological polar surface area (TPSA) is 93.5 Å². The molecule has 5 N–H and O–H groups in total. The lowest BCUT2D eigenvalue weighted by molar-refractivity contribution is 0.1000. The van der Waals surface area contributed by atoms with E-state index in [0.717, 1.165) is 12.0 Å². The number of rotatable bonds is 5. The van der Waals surface area contributed by atoms with E-state index in [2.05, 4.69) is 17.2 Å². The predicted octanol–water partition coefficient (Wildman–Crippen LogP) is 1.61. The standard InChI is InChI=1S/C13H20N4O.HI/c1-3-9(2)17-13(15)16-8-10-5-4-6-11(7-10)12(14)18;/h4-7,9H,3,8H2,1-2H3,(H2,14,18)(H3,15,16,17);1H. The van der Waals surface area contributed by atoms with Crippen molar-refractivity contribution in [1.29, 1.82) is 0 Å². The highest BCUT2D eigenvalue weighted by Gasteiger charge is 2.02. The summed E-state index contributed by atoms with van der Waals surface area (Å²) in [5, 5.41) is 3.07. The fraction of sp³-hybridized carbons (Fsp3) is 0.385. The van der Waals surface area contributed by atoms with Crippen molar-refractivity contribution in [2.24, 2.45) is 16.5 Å². The van der Waals surface area contributed by atoms with Gasteiger partial charge in [0.15, 0.2) is 5.96 Å². The molecule has 19 heavy (non-hydrogen) atoms. The molecular formula is C13H21IN4O. The number of carbonyl (C=O) groups excluding carboxylic acids is 1. The van der Waals surface area contributed by atoms with Gasteiger partial charge < -0.3 is 16.8 Å². The number of guanidine groups is 1. The molecule has 1 amide bonds. The van der Waals surface area contributed by atoms with Crippen molar-refractivity contribution in [2.45, 2.75) is 32.9 Å². The molecule has 0 aliphatic rings. The molecule has 106 valence electrons. The first-order chi connectivity index (χ1) is 8.52. The average Bonchev–Trinajstić information content (AvgIpc) is 2.36. The van der Waals surface area contributed by atoms with Gasteiger partial charge >= 0.3 is 0 Å². The van der Waals surface area contributed by atoms with Gasteiger partial charge in [-0.1, -0.05) is 19.1 Å². The lowest BCUT2D eigenvalue weighted by Gasteiger charge is -2.11. The van der Waals surface area contributed by atoms with E-state index < -0.39 is 5.91 Å². The second-order valence-corrected chi connectivity index (χ2v) is 4.22. The molecule has 0 bridgehead atoms. The number of amides is 1. The fourth-order valence-corrected chi connectivity index (χ4v) is 1.40. The molecule has 0 aromatic heterocycles. The summed E-state index contributed by atoms with van der Waals surface area (Å²) in [6.07, 6.45) is 0.980. The third-order valence-electron chi connectivity index (χ3n) is 2.65. The summed E-state index contributed by atoms with van der Waals surface area (Å²) in [4.78, 5) is 15.2. The Morgan fingerprint density at radius 3 is 2.68 bits per heavy atom. The smallest absolute Gasteiger partial charge is 0.248 e. The number of nitrogens with zero attached hydrogens (tertiary/aromatic N) is 1. The van der Waals surface area contributed by atoms with Crippen molar-refractivity contribution in [3.05, 3.63) is 35.4 Å². The van der Waals surface area contributed by atoms with Crippen molar-refractivity contribution in [3.63, 3.8) is 0 Å². The minimum atomic E-state index is -0.438. The minimum Gasteiger partial charge on any atom is -0.370 e. The Hall–Kier alpha value is -1.31. The van der Waals surface area contributed by atoms with Gasteiger partial charge in [0.25, 0.3) is 0 Å². The van der Waals surface area contributed by atoms with Crippen LogP contribution in [0.5, 0.6) is 0 Å². The fourth-order valence-electron chi connectivity index (χ4n) is 1.40. The van der Waals surface area contributed by atoms with Crippen molar-refractivity contribution >= 4 is 35.8 Å². The highest BCUT2D eigenvalue weighted by atomic mass is 127. The Kier molecular flexibility index (Phi) is 8.13. The lowest BCUT2D eigenvalue weighted by Crippen LogP contribution is -2.38. The Morgan fingerprint density at radius 1 is 1.42 bits per heavy atom. The molecule has 6 heteroatoms. The number of halogens is 1. The van der Waals surface area contributed by atoms with Crippen LogP contribution >= 0.6 is 24.0 Å². The quantitative estimate of drug-likeness (QED) is 0.414. The van der Waals surface area contributed by atoms with Crippen LogP contribution < -0.4 is 16.8 Å². The van der Waals surface area contributed by atoms with Crippen molar-refractivity contribution in [3.8, 4) is 0 Å². The minimum absolute atomic E-state index is 0. The summed E-state index contributed by atoms with van der Waals surface area (Å²) in [6.45, 7) is 4.54. The van der Waals surface area contributed by atoms with Gasteiger partial charge in [0.2, 0.25) is 5.91 Å². The maximum atomic E-state index is 11.0. The lowest BCUT2D eigenvalue weighted by atomic mass is 10.1. The van der Waals surface area contributed by atoms with Crippen LogP contribution in [0.3, 0.4) is 0 Å². The van der Waals surface area contributed by atoms with E-state index in [0.29, 0.717) is 24.1 Å². The highest BCUT2D eigenvalue weighted by Crippen LogP contribution is 2.05. The van der Waals surface area contributed by atoms with Gasteiger partial charge in [-0.25, -0.2) is 4.99 Å². The van der Waals surface area contributed by atoms with Crippen LogP contribution in [0.1, 0.15) is 36.2 Å². The van der Waals surface area contributed by atoms with E-state index in [1.165, 1.54) is 0 Å². The Morgan fingerprint density at radius 2 is 2.11 bits per heavy atom. The summed E-state index contributed by atoms with van der Waals surface area (Å²) in [5.74, 6) is -0.0274. The summed E-state index contributed by atoms with van der Waals surface area (Å²) >= 11 is 0. The first-order valence-corrected chi connectivity index (χ1v) is 5.98. The Balaban J connectivity index is 0.00000324. The maximum absolute atomic E-state index is 11.0. The number of hydrogen-bond donors (Lipinski definition) is 3. The Labute approximate surface area is 130 Å². The number of primary amides is 1. The average molecular weight is 376 g/mol. The zero-order chi connectivity index (χ0) is 13.5. The highest BCUT2D eigenvalue weighted by molar-refractivity contribution is 14.0. The van der Waals surface area contributed by atoms with E-state index in [1.807, 2.05) is 13.0 Å². The number of benzene rings is 1. The zero-order valence-corrected chi connectivity index (χ0v) is 13.5. The molecular weight excluding hydrogens is 355 g/mol. The Bertz CT molecular complexity index is 448. The zero-order valence-electron chi connectivity index (χ0n) is 11.2. The summed E-state index contributed by atoms with van der Waals surface area (Å²) in [5.41, 5.74) is 12.3. The van der Waals surface area contributed by atoms with Crippen molar-refractivity contribution < 1.29 is 4.79 Å². The van der Waals surface area contributed by atoms with Crippen LogP contribution in [0.2, 0.25) is 0 Å². The van der Waals surface area contributed by atoms with E-state index >= 15 is 0 Å². The van der Waals surface area contributed by atoms with Crippen LogP contribution in [0.15, 0.2) is 29.3 Å². The number of nitrogens with two attached hydrogens (primary N) is 2. The van der Waals surface area contributed by atoms with E-state index in [4.69, 9.17) is 11.5 Å². The van der Waals surface area contributed by atoms with E-state index in [1.54, 1.807) is 18.2 Å². The van der Waals surface area contributed by atoms with E-state index in [-0.39, 0.29) is 24.0 Å². The largest absolute Gasteiger partial charge is 0.370 e. The molecule has 5 nitrogen and oxygen atoms in total. The third-order valence-corrected chi connectivity index (χ3v) is 2.65. The molecule has 0 heterocycles. The maximum Gasteiger partial charge on any atom is 0.248 e. The van der Waals surface area contributed by atoms with Crippen LogP contribution in [-0.4, -0.2) is 17.9 Å². The molecule has 0 saturated heterocycles. The normalized spacial score (nSPS) is 12.4. The second kappa shape index (κ2) is 8.73. The summed E-state index contributed by atoms with van der Waals surface area (Å²) in [6, 6.07) is 7.36. The SMILES string of the molecule is CCC(C)NC(N)=NCc1cccc(C(N)=O)c1.I. The third kappa shape index (κ3) is 6.42. The van der Waals surface area contributed by atoms with Crippen LogP contribution in [0, 0.1) is 0 Å². The summed E-state index contributed by atoms with van der Waals surface area (Å²) in [7, 11) is 0. The van der Waals surface area contributed by atoms with Gasteiger partial charge in [-0.2, -0.15) is 0 Å². The first kappa shape index (κ1) is 17.7. The molecule has 0 aliphatic carbocycles. The molecule has 0 aliphatic heterocycles. The molecule has 0 fully saturated rings.